The second-order valence-electron chi connectivity index (χ2n) is 6.05. The fraction of sp³-hybridized carbons (Fsp3) is 0.421. The summed E-state index contributed by atoms with van der Waals surface area (Å²) < 4.78 is 9.87. The molecule has 0 aliphatic carbocycles. The topological polar surface area (TPSA) is 69.8 Å². The van der Waals surface area contributed by atoms with Crippen LogP contribution in [0.1, 0.15) is 32.2 Å². The number of rotatable bonds is 7. The van der Waals surface area contributed by atoms with Crippen LogP contribution < -0.4 is 10.1 Å². The largest absolute Gasteiger partial charge is 0.473 e. The lowest BCUT2D eigenvalue weighted by molar-refractivity contribution is 0.203. The summed E-state index contributed by atoms with van der Waals surface area (Å²) in [7, 11) is 3.80. The van der Waals surface area contributed by atoms with Crippen LogP contribution in [0.25, 0.3) is 28.2 Å². The monoisotopic (exact) mass is 514 g/mol. The van der Waals surface area contributed by atoms with Crippen molar-refractivity contribution in [2.45, 2.75) is 33.8 Å². The molecule has 3 heterocycles. The Morgan fingerprint density at radius 1 is 1.39 bits per heavy atom. The number of fused-ring (bicyclic) bond motifs is 1. The van der Waals surface area contributed by atoms with Crippen molar-refractivity contribution in [1.82, 2.24) is 29.6 Å². The van der Waals surface area contributed by atoms with Gasteiger partial charge in [-0.3, -0.25) is 4.98 Å². The van der Waals surface area contributed by atoms with E-state index < -0.39 is 0 Å². The first-order chi connectivity index (χ1) is 13.5. The molecule has 9 heteroatoms. The van der Waals surface area contributed by atoms with Gasteiger partial charge in [-0.1, -0.05) is 20.4 Å². The number of nitrogens with zero attached hydrogens (tertiary/aromatic N) is 5. The van der Waals surface area contributed by atoms with E-state index in [2.05, 4.69) is 49.1 Å². The Morgan fingerprint density at radius 2 is 2.11 bits per heavy atom. The fourth-order valence-electron chi connectivity index (χ4n) is 2.98. The second kappa shape index (κ2) is 10.3. The molecule has 0 amide bonds. The fourth-order valence-corrected chi connectivity index (χ4v) is 4.49. The molecule has 0 saturated carbocycles. The van der Waals surface area contributed by atoms with E-state index in [1.54, 1.807) is 10.8 Å². The van der Waals surface area contributed by atoms with Crippen LogP contribution in [-0.4, -0.2) is 44.0 Å². The molecule has 3 aromatic heterocycles. The van der Waals surface area contributed by atoms with E-state index in [4.69, 9.17) is 4.74 Å². The quantitative estimate of drug-likeness (QED) is 0.369. The van der Waals surface area contributed by atoms with Crippen LogP contribution in [0.15, 0.2) is 18.8 Å². The van der Waals surface area contributed by atoms with Crippen molar-refractivity contribution in [3.63, 3.8) is 0 Å². The van der Waals surface area contributed by atoms with Crippen molar-refractivity contribution in [2.75, 3.05) is 13.6 Å². The SMILES string of the molecule is C=Cc1nn(PI)c2cnc(-c3c(C)nn(C)c3OC(C)CNC)cc12.CC. The summed E-state index contributed by atoms with van der Waals surface area (Å²) in [4.78, 5) is 4.68. The van der Waals surface area contributed by atoms with Crippen molar-refractivity contribution in [1.29, 1.82) is 0 Å². The predicted molar refractivity (Wildman–Crippen MR) is 128 cm³/mol. The van der Waals surface area contributed by atoms with Gasteiger partial charge in [-0.05, 0) is 55.1 Å². The molecule has 0 spiro atoms. The summed E-state index contributed by atoms with van der Waals surface area (Å²) in [6, 6.07) is 2.05. The molecule has 0 aliphatic heterocycles. The minimum Gasteiger partial charge on any atom is -0.473 e. The molecule has 2 unspecified atom stereocenters. The van der Waals surface area contributed by atoms with Crippen LogP contribution in [0, 0.1) is 6.92 Å². The molecule has 1 N–H and O–H groups in total. The van der Waals surface area contributed by atoms with Crippen LogP contribution in [0.3, 0.4) is 0 Å². The average molecular weight is 514 g/mol. The zero-order valence-corrected chi connectivity index (χ0v) is 20.4. The molecule has 0 aliphatic rings. The molecule has 3 aromatic rings. The minimum absolute atomic E-state index is 0.0176. The van der Waals surface area contributed by atoms with E-state index >= 15 is 0 Å². The summed E-state index contributed by atoms with van der Waals surface area (Å²) in [5.41, 5.74) is 4.49. The summed E-state index contributed by atoms with van der Waals surface area (Å²) in [6.07, 6.45) is 4.17. The number of halogens is 1. The highest BCUT2D eigenvalue weighted by molar-refractivity contribution is 14.2. The number of aryl methyl sites for hydroxylation is 2. The first-order valence-corrected chi connectivity index (χ1v) is 13.3. The highest BCUT2D eigenvalue weighted by Crippen LogP contribution is 2.36. The molecule has 0 aromatic carbocycles. The molecular weight excluding hydrogens is 486 g/mol. The van der Waals surface area contributed by atoms with Crippen molar-refractivity contribution in [3.8, 4) is 17.1 Å². The Hall–Kier alpha value is -1.51. The van der Waals surface area contributed by atoms with E-state index in [1.807, 2.05) is 58.5 Å². The van der Waals surface area contributed by atoms with Crippen LogP contribution in [0.5, 0.6) is 5.88 Å². The number of pyridine rings is 1. The molecule has 28 heavy (non-hydrogen) atoms. The van der Waals surface area contributed by atoms with E-state index in [1.165, 1.54) is 0 Å². The molecule has 2 atom stereocenters. The van der Waals surface area contributed by atoms with Gasteiger partial charge in [0.15, 0.2) is 0 Å². The summed E-state index contributed by atoms with van der Waals surface area (Å²) in [5, 5.41) is 13.3. The number of likely N-dealkylation sites (N-methyl/N-ethyl adjacent to an activating group) is 1. The third-order valence-corrected chi connectivity index (χ3v) is 5.97. The van der Waals surface area contributed by atoms with Crippen LogP contribution in [0.4, 0.5) is 0 Å². The minimum atomic E-state index is 0.0176. The van der Waals surface area contributed by atoms with Crippen molar-refractivity contribution >= 4 is 45.4 Å². The first kappa shape index (κ1) is 22.8. The van der Waals surface area contributed by atoms with Gasteiger partial charge in [0.2, 0.25) is 5.88 Å². The smallest absolute Gasteiger partial charge is 0.221 e. The molecule has 152 valence electrons. The lowest BCUT2D eigenvalue weighted by Gasteiger charge is -2.15. The predicted octanol–water partition coefficient (Wildman–Crippen LogP) is 4.59. The Morgan fingerprint density at radius 3 is 2.71 bits per heavy atom. The molecule has 3 rings (SSSR count). The number of hydrogen-bond donors (Lipinski definition) is 1. The van der Waals surface area contributed by atoms with Crippen LogP contribution in [0.2, 0.25) is 0 Å². The maximum Gasteiger partial charge on any atom is 0.221 e. The zero-order valence-electron chi connectivity index (χ0n) is 17.2. The van der Waals surface area contributed by atoms with Gasteiger partial charge in [-0.2, -0.15) is 10.2 Å². The number of nitrogens with one attached hydrogen (secondary N) is 1. The van der Waals surface area contributed by atoms with Gasteiger partial charge in [-0.15, -0.1) is 0 Å². The van der Waals surface area contributed by atoms with Gasteiger partial charge in [0.25, 0.3) is 0 Å². The number of ether oxygens (including phenoxy) is 1. The Bertz CT molecular complexity index is 952. The Balaban J connectivity index is 0.00000136. The van der Waals surface area contributed by atoms with Gasteiger partial charge in [0.05, 0.1) is 40.7 Å². The van der Waals surface area contributed by atoms with Gasteiger partial charge in [0, 0.05) is 19.0 Å². The van der Waals surface area contributed by atoms with Crippen LogP contribution >= 0.6 is 28.4 Å². The summed E-state index contributed by atoms with van der Waals surface area (Å²) >= 11 is 2.31. The van der Waals surface area contributed by atoms with E-state index in [-0.39, 0.29) is 6.10 Å². The van der Waals surface area contributed by atoms with Gasteiger partial charge in [-0.25, -0.2) is 9.13 Å². The van der Waals surface area contributed by atoms with Gasteiger partial charge in [0.1, 0.15) is 6.10 Å². The maximum absolute atomic E-state index is 6.14. The third-order valence-electron chi connectivity index (χ3n) is 4.10. The normalized spacial score (nSPS) is 12.2. The molecule has 0 fully saturated rings. The molecular formula is C19H28IN6OP. The van der Waals surface area contributed by atoms with Crippen LogP contribution in [-0.2, 0) is 7.05 Å². The number of aromatic nitrogens is 5. The third kappa shape index (κ3) is 4.55. The Kier molecular flexibility index (Phi) is 8.39. The number of hydrogen-bond acceptors (Lipinski definition) is 5. The summed E-state index contributed by atoms with van der Waals surface area (Å²) in [6.45, 7) is 12.6. The van der Waals surface area contributed by atoms with Crippen molar-refractivity contribution in [2.24, 2.45) is 7.05 Å². The highest BCUT2D eigenvalue weighted by atomic mass is 127. The molecule has 0 radical (unpaired) electrons. The van der Waals surface area contributed by atoms with E-state index in [0.717, 1.165) is 46.0 Å². The van der Waals surface area contributed by atoms with Gasteiger partial charge >= 0.3 is 0 Å². The average Bonchev–Trinajstić information content (AvgIpc) is 3.19. The lowest BCUT2D eigenvalue weighted by atomic mass is 10.1. The van der Waals surface area contributed by atoms with Gasteiger partial charge < -0.3 is 10.1 Å². The molecule has 7 nitrogen and oxygen atoms in total. The van der Waals surface area contributed by atoms with E-state index in [9.17, 15) is 0 Å². The first-order valence-electron chi connectivity index (χ1n) is 9.23. The lowest BCUT2D eigenvalue weighted by Crippen LogP contribution is -2.27. The highest BCUT2D eigenvalue weighted by Gasteiger charge is 2.21. The maximum atomic E-state index is 6.14. The van der Waals surface area contributed by atoms with Crippen molar-refractivity contribution < 1.29 is 4.74 Å². The Labute approximate surface area is 181 Å². The molecule has 0 saturated heterocycles. The van der Waals surface area contributed by atoms with Crippen molar-refractivity contribution in [3.05, 3.63) is 30.2 Å². The molecule has 0 bridgehead atoms. The van der Waals surface area contributed by atoms with E-state index in [0.29, 0.717) is 6.37 Å². The second-order valence-corrected chi connectivity index (χ2v) is 8.09. The summed E-state index contributed by atoms with van der Waals surface area (Å²) in [5.74, 6) is 0.723. The zero-order chi connectivity index (χ0) is 20.8. The standard InChI is InChI=1S/C17H22IN6OP.C2H6/c1-6-13-12-7-14(20-9-15(12)24(22-13)26-18)16-11(3)21-23(5)17(16)25-10(2)8-19-4;1-2/h6-7,9-10,19,26H,1,8H2,2-5H3;1-2H3.